The number of ether oxygens (including phenoxy) is 4. The quantitative estimate of drug-likeness (QED) is 0.0925. The first kappa shape index (κ1) is 44.9. The van der Waals surface area contributed by atoms with Gasteiger partial charge in [-0.05, 0) is 79.1 Å². The molecule has 0 spiro atoms. The van der Waals surface area contributed by atoms with Crippen LogP contribution in [-0.2, 0) is 19.3 Å². The van der Waals surface area contributed by atoms with Crippen LogP contribution in [-0.4, -0.2) is 118 Å². The molecule has 3 atom stereocenters. The Labute approximate surface area is 393 Å². The Balaban J connectivity index is 1.07. The van der Waals surface area contributed by atoms with Gasteiger partial charge in [-0.2, -0.15) is 4.98 Å². The van der Waals surface area contributed by atoms with Crippen LogP contribution in [0.3, 0.4) is 0 Å². The van der Waals surface area contributed by atoms with E-state index < -0.39 is 44.6 Å². The van der Waals surface area contributed by atoms with E-state index in [0.717, 1.165) is 37.3 Å². The average molecular weight is 954 g/mol. The van der Waals surface area contributed by atoms with Crippen LogP contribution in [0.1, 0.15) is 56.0 Å². The van der Waals surface area contributed by atoms with Gasteiger partial charge in [0.15, 0.2) is 11.4 Å². The maximum Gasteiger partial charge on any atom is 0.297 e. The fraction of sp³-hybridized carbons (Fsp3) is 0.417. The van der Waals surface area contributed by atoms with E-state index in [1.807, 2.05) is 36.1 Å². The molecule has 0 saturated carbocycles. The molecule has 4 aliphatic heterocycles. The van der Waals surface area contributed by atoms with E-state index in [9.17, 15) is 14.9 Å². The number of sulfone groups is 1. The number of allylic oxidation sites excluding steroid dienone is 1. The summed E-state index contributed by atoms with van der Waals surface area (Å²) in [6.45, 7) is 10.5. The number of aromatic nitrogens is 2. The fourth-order valence-corrected chi connectivity index (χ4v) is 11.9. The van der Waals surface area contributed by atoms with Crippen LogP contribution in [0.25, 0.3) is 16.6 Å². The van der Waals surface area contributed by atoms with Gasteiger partial charge < -0.3 is 44.8 Å². The highest BCUT2D eigenvalue weighted by Crippen LogP contribution is 2.50. The Morgan fingerprint density at radius 1 is 1.03 bits per heavy atom. The summed E-state index contributed by atoms with van der Waals surface area (Å²) in [6.07, 6.45) is 3.76. The number of nitro groups is 1. The van der Waals surface area contributed by atoms with Gasteiger partial charge in [-0.1, -0.05) is 43.2 Å². The molecule has 3 aromatic carbocycles. The number of nitrogens with zero attached hydrogens (tertiary/aromatic N) is 5. The number of H-pyrrole nitrogens is 1. The Morgan fingerprint density at radius 2 is 1.82 bits per heavy atom. The van der Waals surface area contributed by atoms with Crippen LogP contribution in [0, 0.1) is 15.5 Å². The number of carbonyl (C=O) groups excluding carboxylic acids is 1. The van der Waals surface area contributed by atoms with Crippen LogP contribution in [0.5, 0.6) is 11.6 Å². The number of hydrogen-bond acceptors (Lipinski definition) is 14. The van der Waals surface area contributed by atoms with E-state index >= 15 is 8.42 Å². The van der Waals surface area contributed by atoms with Crippen molar-refractivity contribution >= 4 is 72.4 Å². The van der Waals surface area contributed by atoms with Crippen LogP contribution in [0.2, 0.25) is 5.02 Å². The molecule has 0 bridgehead atoms. The van der Waals surface area contributed by atoms with Crippen LogP contribution >= 0.6 is 11.6 Å². The summed E-state index contributed by atoms with van der Waals surface area (Å²) < 4.78 is 55.4. The van der Waals surface area contributed by atoms with E-state index in [-0.39, 0.29) is 63.5 Å². The summed E-state index contributed by atoms with van der Waals surface area (Å²) >= 11 is 6.29. The number of amides is 1. The average Bonchev–Trinajstić information content (AvgIpc) is 3.78. The molecule has 1 aliphatic carbocycles. The Kier molecular flexibility index (Phi) is 11.8. The standard InChI is InChI=1S/C48H53ClN8O9S/c1-28-24-56(39-20-30-11-13-51-46(30)53-47(39)66-28)43-34(45(50)58)8-9-37(55-16-14-54(15-17-55)25-31-10-12-48(2,3)23-35(31)29-4-6-32(49)7-5-29)44(43)67(61,62)33-21-38(57(59)60)42-40(22-33)65-26-36(52-42)41-27-63-18-19-64-41/h4-9,11,13,20-22,28,36,41,52H,10,12,14-19,23-27H2,1-3H3,(H2,50,58)(H,51,53)/t28-,36+,41+/m1/s1. The maximum absolute atomic E-state index is 15.8. The molecule has 2 saturated heterocycles. The molecule has 0 unspecified atom stereocenters. The molecular formula is C48H53ClN8O9S. The zero-order valence-corrected chi connectivity index (χ0v) is 39.1. The van der Waals surface area contributed by atoms with Gasteiger partial charge in [0.2, 0.25) is 15.7 Å². The van der Waals surface area contributed by atoms with Crippen LogP contribution < -0.4 is 30.3 Å². The Bertz CT molecular complexity index is 2910. The van der Waals surface area contributed by atoms with Crippen molar-refractivity contribution in [1.29, 1.82) is 0 Å². The lowest BCUT2D eigenvalue weighted by Gasteiger charge is -2.41. The van der Waals surface area contributed by atoms with E-state index in [4.69, 9.17) is 41.3 Å². The Hall–Kier alpha value is -5.92. The summed E-state index contributed by atoms with van der Waals surface area (Å²) in [7, 11) is -4.76. The number of anilines is 4. The van der Waals surface area contributed by atoms with E-state index in [2.05, 4.69) is 41.2 Å². The molecule has 5 aromatic rings. The van der Waals surface area contributed by atoms with E-state index in [1.54, 1.807) is 23.2 Å². The van der Waals surface area contributed by atoms with Crippen molar-refractivity contribution in [3.8, 4) is 11.6 Å². The van der Waals surface area contributed by atoms with Crippen molar-refractivity contribution in [2.45, 2.75) is 68.1 Å². The molecule has 0 radical (unpaired) electrons. The molecule has 5 aliphatic rings. The summed E-state index contributed by atoms with van der Waals surface area (Å²) in [5.41, 5.74) is 11.0. The number of carbonyl (C=O) groups is 1. The van der Waals surface area contributed by atoms with Gasteiger partial charge in [-0.25, -0.2) is 8.42 Å². The van der Waals surface area contributed by atoms with Gasteiger partial charge in [0.1, 0.15) is 35.0 Å². The van der Waals surface area contributed by atoms with Crippen LogP contribution in [0.4, 0.5) is 28.4 Å². The molecule has 2 aromatic heterocycles. The molecule has 19 heteroatoms. The number of hydrogen-bond donors (Lipinski definition) is 3. The lowest BCUT2D eigenvalue weighted by atomic mass is 9.72. The second-order valence-electron chi connectivity index (χ2n) is 18.8. The number of nitrogens with one attached hydrogen (secondary N) is 2. The van der Waals surface area contributed by atoms with Crippen molar-refractivity contribution in [3.63, 3.8) is 0 Å². The number of benzene rings is 3. The zero-order valence-electron chi connectivity index (χ0n) is 37.5. The van der Waals surface area contributed by atoms with Crippen LogP contribution in [0.15, 0.2) is 82.2 Å². The highest BCUT2D eigenvalue weighted by molar-refractivity contribution is 7.91. The predicted molar refractivity (Wildman–Crippen MR) is 255 cm³/mol. The third-order valence-electron chi connectivity index (χ3n) is 13.5. The summed E-state index contributed by atoms with van der Waals surface area (Å²) in [5.74, 6) is -0.634. The number of fused-ring (bicyclic) bond motifs is 3. The second-order valence-corrected chi connectivity index (χ2v) is 21.1. The van der Waals surface area contributed by atoms with Gasteiger partial charge in [-0.3, -0.25) is 19.8 Å². The maximum atomic E-state index is 15.8. The van der Waals surface area contributed by atoms with Gasteiger partial charge in [-0.15, -0.1) is 0 Å². The van der Waals surface area contributed by atoms with Gasteiger partial charge in [0, 0.05) is 61.5 Å². The molecule has 6 heterocycles. The molecule has 10 rings (SSSR count). The number of aromatic amines is 1. The molecule has 352 valence electrons. The number of nitro benzene ring substituents is 1. The molecular weight excluding hydrogens is 900 g/mol. The molecule has 17 nitrogen and oxygen atoms in total. The first-order valence-electron chi connectivity index (χ1n) is 22.6. The minimum Gasteiger partial charge on any atom is -0.489 e. The minimum absolute atomic E-state index is 0.00807. The number of halogens is 1. The molecule has 1 amide bonds. The highest BCUT2D eigenvalue weighted by atomic mass is 35.5. The van der Waals surface area contributed by atoms with Crippen molar-refractivity contribution in [3.05, 3.63) is 98.7 Å². The largest absolute Gasteiger partial charge is 0.489 e. The number of nitrogens with two attached hydrogens (primary N) is 1. The number of rotatable bonds is 10. The SMILES string of the molecule is C[C@@H]1CN(c2c(C(N)=O)ccc(N3CCN(CC4=C(c5ccc(Cl)cc5)CC(C)(C)CC4)CC3)c2S(=O)(=O)c2cc3c(c([N+](=O)[O-])c2)N[C@H]([C@@H]2COCCO2)CO3)c2cc3cc[nH]c3nc2O1. The van der Waals surface area contributed by atoms with Gasteiger partial charge >= 0.3 is 0 Å². The predicted octanol–water partition coefficient (Wildman–Crippen LogP) is 7.35. The first-order chi connectivity index (χ1) is 32.1. The first-order valence-corrected chi connectivity index (χ1v) is 24.5. The van der Waals surface area contributed by atoms with Gasteiger partial charge in [0.25, 0.3) is 11.6 Å². The molecule has 2 fully saturated rings. The highest BCUT2D eigenvalue weighted by Gasteiger charge is 2.41. The summed E-state index contributed by atoms with van der Waals surface area (Å²) in [6, 6.07) is 16.8. The Morgan fingerprint density at radius 3 is 2.55 bits per heavy atom. The number of pyridine rings is 1. The van der Waals surface area contributed by atoms with Crippen molar-refractivity contribution in [2.75, 3.05) is 80.8 Å². The normalized spacial score (nSPS) is 22.1. The monoisotopic (exact) mass is 952 g/mol. The molecule has 4 N–H and O–H groups in total. The number of primary amides is 1. The zero-order chi connectivity index (χ0) is 46.8. The number of piperazine rings is 1. The minimum atomic E-state index is -4.76. The van der Waals surface area contributed by atoms with Crippen molar-refractivity contribution in [1.82, 2.24) is 14.9 Å². The second kappa shape index (κ2) is 17.6. The smallest absolute Gasteiger partial charge is 0.297 e. The van der Waals surface area contributed by atoms with Crippen molar-refractivity contribution in [2.24, 2.45) is 11.1 Å². The lowest BCUT2D eigenvalue weighted by Crippen LogP contribution is -2.48. The van der Waals surface area contributed by atoms with Crippen molar-refractivity contribution < 1.29 is 37.1 Å². The lowest BCUT2D eigenvalue weighted by molar-refractivity contribution is -0.384. The molecule has 67 heavy (non-hydrogen) atoms. The summed E-state index contributed by atoms with van der Waals surface area (Å²) in [5, 5.41) is 17.5. The third kappa shape index (κ3) is 8.65. The fourth-order valence-electron chi connectivity index (χ4n) is 10.0. The summed E-state index contributed by atoms with van der Waals surface area (Å²) in [4.78, 5) is 39.2. The third-order valence-corrected chi connectivity index (χ3v) is 15.6. The van der Waals surface area contributed by atoms with E-state index in [0.29, 0.717) is 61.4 Å². The topological polar surface area (TPSA) is 208 Å². The van der Waals surface area contributed by atoms with Gasteiger partial charge in [0.05, 0.1) is 59.2 Å². The van der Waals surface area contributed by atoms with E-state index in [1.165, 1.54) is 22.8 Å².